The molecule has 0 bridgehead atoms. The van der Waals surface area contributed by atoms with E-state index in [2.05, 4.69) is 11.9 Å². The summed E-state index contributed by atoms with van der Waals surface area (Å²) in [7, 11) is 0. The lowest BCUT2D eigenvalue weighted by Gasteiger charge is -1.94. The normalized spacial score (nSPS) is 10.5. The van der Waals surface area contributed by atoms with Crippen LogP contribution in [0, 0.1) is 19.7 Å². The maximum Gasteiger partial charge on any atom is 0.226 e. The molecule has 1 aromatic heterocycles. The molecule has 14 heavy (non-hydrogen) atoms. The molecule has 0 atom stereocenters. The molecule has 2 nitrogen and oxygen atoms in total. The minimum Gasteiger partial charge on any atom is -0.441 e. The van der Waals surface area contributed by atoms with Crippen molar-refractivity contribution in [3.8, 4) is 11.5 Å². The Kier molecular flexibility index (Phi) is 2.08. The Morgan fingerprint density at radius 3 is 2.79 bits per heavy atom. The molecule has 0 aliphatic carbocycles. The Morgan fingerprint density at radius 1 is 1.43 bits per heavy atom. The number of halogens is 1. The molecule has 2 aromatic rings. The van der Waals surface area contributed by atoms with Crippen molar-refractivity contribution >= 4 is 0 Å². The molecule has 71 valence electrons. The molecule has 2 rings (SSSR count). The van der Waals surface area contributed by atoms with Crippen LogP contribution in [0.4, 0.5) is 4.39 Å². The lowest BCUT2D eigenvalue weighted by Crippen LogP contribution is -1.79. The van der Waals surface area contributed by atoms with Gasteiger partial charge < -0.3 is 4.42 Å². The molecule has 0 spiro atoms. The summed E-state index contributed by atoms with van der Waals surface area (Å²) in [4.78, 5) is 4.13. The molecule has 0 saturated carbocycles. The largest absolute Gasteiger partial charge is 0.441 e. The van der Waals surface area contributed by atoms with E-state index in [1.807, 2.05) is 0 Å². The van der Waals surface area contributed by atoms with Gasteiger partial charge in [0.25, 0.3) is 0 Å². The van der Waals surface area contributed by atoms with E-state index in [9.17, 15) is 4.39 Å². The summed E-state index contributed by atoms with van der Waals surface area (Å²) >= 11 is 0. The van der Waals surface area contributed by atoms with Crippen molar-refractivity contribution < 1.29 is 8.81 Å². The molecule has 1 radical (unpaired) electrons. The van der Waals surface area contributed by atoms with Crippen molar-refractivity contribution in [3.63, 3.8) is 0 Å². The Morgan fingerprint density at radius 2 is 2.21 bits per heavy atom. The zero-order valence-corrected chi connectivity index (χ0v) is 7.75. The molecule has 0 saturated heterocycles. The number of hydrogen-bond acceptors (Lipinski definition) is 2. The standard InChI is InChI=1S/C11H9FNO/c1-7-8(2)14-11(13-7)9-4-3-5-10(12)6-9/h3-6H,2H2,1H3. The summed E-state index contributed by atoms with van der Waals surface area (Å²) in [6.07, 6.45) is 0. The number of aryl methyl sites for hydroxylation is 1. The van der Waals surface area contributed by atoms with Crippen LogP contribution < -0.4 is 0 Å². The van der Waals surface area contributed by atoms with Crippen molar-refractivity contribution in [3.05, 3.63) is 48.5 Å². The molecule has 0 aliphatic rings. The zero-order chi connectivity index (χ0) is 10.1. The lowest BCUT2D eigenvalue weighted by atomic mass is 10.2. The van der Waals surface area contributed by atoms with Gasteiger partial charge in [-0.1, -0.05) is 6.07 Å². The number of aromatic nitrogens is 1. The number of rotatable bonds is 1. The van der Waals surface area contributed by atoms with Crippen LogP contribution >= 0.6 is 0 Å². The highest BCUT2D eigenvalue weighted by Crippen LogP contribution is 2.21. The van der Waals surface area contributed by atoms with Crippen molar-refractivity contribution in [2.45, 2.75) is 6.92 Å². The van der Waals surface area contributed by atoms with Crippen LogP contribution in [-0.2, 0) is 0 Å². The third-order valence-corrected chi connectivity index (χ3v) is 1.96. The monoisotopic (exact) mass is 190 g/mol. The van der Waals surface area contributed by atoms with Crippen molar-refractivity contribution in [1.29, 1.82) is 0 Å². The van der Waals surface area contributed by atoms with E-state index in [1.165, 1.54) is 12.1 Å². The summed E-state index contributed by atoms with van der Waals surface area (Å²) in [5, 5.41) is 0. The van der Waals surface area contributed by atoms with Gasteiger partial charge in [0.15, 0.2) is 0 Å². The molecular weight excluding hydrogens is 181 g/mol. The lowest BCUT2D eigenvalue weighted by molar-refractivity contribution is 0.554. The van der Waals surface area contributed by atoms with Crippen LogP contribution in [0.3, 0.4) is 0 Å². The van der Waals surface area contributed by atoms with Crippen LogP contribution in [0.5, 0.6) is 0 Å². The Bertz CT molecular complexity index is 443. The van der Waals surface area contributed by atoms with Gasteiger partial charge in [0, 0.05) is 12.5 Å². The second-order valence-electron chi connectivity index (χ2n) is 3.04. The van der Waals surface area contributed by atoms with Crippen LogP contribution in [0.15, 0.2) is 28.7 Å². The Balaban J connectivity index is 2.49. The van der Waals surface area contributed by atoms with Crippen molar-refractivity contribution in [1.82, 2.24) is 4.98 Å². The topological polar surface area (TPSA) is 26.0 Å². The van der Waals surface area contributed by atoms with Gasteiger partial charge in [-0.25, -0.2) is 9.37 Å². The molecule has 0 aliphatic heterocycles. The third kappa shape index (κ3) is 1.53. The molecule has 1 aromatic carbocycles. The molecular formula is C11H9FNO. The molecule has 0 N–H and O–H groups in total. The first-order chi connectivity index (χ1) is 6.66. The van der Waals surface area contributed by atoms with Gasteiger partial charge >= 0.3 is 0 Å². The summed E-state index contributed by atoms with van der Waals surface area (Å²) in [6, 6.07) is 6.12. The van der Waals surface area contributed by atoms with Crippen molar-refractivity contribution in [2.75, 3.05) is 0 Å². The van der Waals surface area contributed by atoms with E-state index in [1.54, 1.807) is 19.1 Å². The van der Waals surface area contributed by atoms with E-state index in [-0.39, 0.29) is 5.82 Å². The van der Waals surface area contributed by atoms with Gasteiger partial charge in [0.05, 0.1) is 5.69 Å². The zero-order valence-electron chi connectivity index (χ0n) is 7.75. The first-order valence-electron chi connectivity index (χ1n) is 4.22. The first kappa shape index (κ1) is 8.94. The highest BCUT2D eigenvalue weighted by atomic mass is 19.1. The van der Waals surface area contributed by atoms with Crippen LogP contribution in [0.25, 0.3) is 11.5 Å². The second kappa shape index (κ2) is 3.25. The van der Waals surface area contributed by atoms with Crippen LogP contribution in [0.1, 0.15) is 11.5 Å². The fourth-order valence-electron chi connectivity index (χ4n) is 1.17. The Labute approximate surface area is 81.4 Å². The fourth-order valence-corrected chi connectivity index (χ4v) is 1.17. The third-order valence-electron chi connectivity index (χ3n) is 1.96. The SMILES string of the molecule is [CH2]c1oc(-c2cccc(F)c2)nc1C. The molecule has 0 fully saturated rings. The van der Waals surface area contributed by atoms with Gasteiger partial charge in [-0.2, -0.15) is 0 Å². The molecule has 1 heterocycles. The highest BCUT2D eigenvalue weighted by molar-refractivity contribution is 5.53. The van der Waals surface area contributed by atoms with E-state index in [0.717, 1.165) is 5.69 Å². The van der Waals surface area contributed by atoms with E-state index in [0.29, 0.717) is 17.2 Å². The second-order valence-corrected chi connectivity index (χ2v) is 3.04. The summed E-state index contributed by atoms with van der Waals surface area (Å²) in [5.41, 5.74) is 1.35. The molecule has 0 amide bonds. The van der Waals surface area contributed by atoms with E-state index in [4.69, 9.17) is 4.42 Å². The summed E-state index contributed by atoms with van der Waals surface area (Å²) in [6.45, 7) is 5.47. The van der Waals surface area contributed by atoms with Crippen molar-refractivity contribution in [2.24, 2.45) is 0 Å². The Hall–Kier alpha value is -1.64. The smallest absolute Gasteiger partial charge is 0.226 e. The predicted octanol–water partition coefficient (Wildman–Crippen LogP) is 2.97. The molecule has 3 heteroatoms. The first-order valence-corrected chi connectivity index (χ1v) is 4.22. The summed E-state index contributed by atoms with van der Waals surface area (Å²) in [5.74, 6) is 0.625. The summed E-state index contributed by atoms with van der Waals surface area (Å²) < 4.78 is 18.1. The minimum atomic E-state index is -0.302. The van der Waals surface area contributed by atoms with E-state index < -0.39 is 0 Å². The van der Waals surface area contributed by atoms with Gasteiger partial charge in [0.2, 0.25) is 5.89 Å². The van der Waals surface area contributed by atoms with Gasteiger partial charge in [-0.15, -0.1) is 0 Å². The number of nitrogens with zero attached hydrogens (tertiary/aromatic N) is 1. The van der Waals surface area contributed by atoms with E-state index >= 15 is 0 Å². The van der Waals surface area contributed by atoms with Crippen LogP contribution in [0.2, 0.25) is 0 Å². The van der Waals surface area contributed by atoms with Gasteiger partial charge in [-0.3, -0.25) is 0 Å². The maximum absolute atomic E-state index is 12.9. The number of oxazole rings is 1. The van der Waals surface area contributed by atoms with Crippen LogP contribution in [-0.4, -0.2) is 4.98 Å². The number of hydrogen-bond donors (Lipinski definition) is 0. The number of benzene rings is 1. The average molecular weight is 190 g/mol. The minimum absolute atomic E-state index is 0.302. The maximum atomic E-state index is 12.9. The van der Waals surface area contributed by atoms with Gasteiger partial charge in [-0.05, 0) is 25.1 Å². The highest BCUT2D eigenvalue weighted by Gasteiger charge is 2.08. The predicted molar refractivity (Wildman–Crippen MR) is 51.1 cm³/mol. The van der Waals surface area contributed by atoms with Gasteiger partial charge in [0.1, 0.15) is 11.6 Å². The fraction of sp³-hybridized carbons (Fsp3) is 0.0909. The quantitative estimate of drug-likeness (QED) is 0.690. The molecule has 0 unspecified atom stereocenters. The average Bonchev–Trinajstić information content (AvgIpc) is 2.47.